The number of amides is 1. The Morgan fingerprint density at radius 3 is 2.76 bits per heavy atom. The molecular weight excluding hydrogens is 216 g/mol. The topological polar surface area (TPSA) is 41.6 Å². The van der Waals surface area contributed by atoms with Crippen molar-refractivity contribution in [3.8, 4) is 0 Å². The van der Waals surface area contributed by atoms with Crippen LogP contribution in [0.5, 0.6) is 0 Å². The monoisotopic (exact) mass is 240 g/mol. The molecule has 1 aliphatic carbocycles. The van der Waals surface area contributed by atoms with Crippen LogP contribution < -0.4 is 5.32 Å². The lowest BCUT2D eigenvalue weighted by molar-refractivity contribution is -0.140. The molecule has 0 aromatic heterocycles. The molecule has 0 aromatic rings. The SMILES string of the molecule is CCN(C(=O)COC1CNCCC1C)C1CC1. The van der Waals surface area contributed by atoms with Crippen molar-refractivity contribution in [2.24, 2.45) is 5.92 Å². The Balaban J connectivity index is 1.74. The number of rotatable bonds is 5. The Bertz CT molecular complexity index is 266. The summed E-state index contributed by atoms with van der Waals surface area (Å²) >= 11 is 0. The Hall–Kier alpha value is -0.610. The number of hydrogen-bond acceptors (Lipinski definition) is 3. The van der Waals surface area contributed by atoms with Gasteiger partial charge in [-0.25, -0.2) is 0 Å². The molecule has 4 nitrogen and oxygen atoms in total. The zero-order valence-corrected chi connectivity index (χ0v) is 10.9. The van der Waals surface area contributed by atoms with Gasteiger partial charge in [0.25, 0.3) is 0 Å². The minimum atomic E-state index is 0.160. The first-order chi connectivity index (χ1) is 8.22. The summed E-state index contributed by atoms with van der Waals surface area (Å²) < 4.78 is 5.76. The van der Waals surface area contributed by atoms with Crippen LogP contribution in [0.3, 0.4) is 0 Å². The smallest absolute Gasteiger partial charge is 0.248 e. The summed E-state index contributed by atoms with van der Waals surface area (Å²) in [5.74, 6) is 0.716. The number of nitrogens with zero attached hydrogens (tertiary/aromatic N) is 1. The van der Waals surface area contributed by atoms with E-state index in [2.05, 4.69) is 12.2 Å². The molecule has 4 heteroatoms. The van der Waals surface area contributed by atoms with E-state index in [0.717, 1.165) is 26.1 Å². The molecule has 0 bridgehead atoms. The summed E-state index contributed by atoms with van der Waals surface area (Å²) in [7, 11) is 0. The van der Waals surface area contributed by atoms with Gasteiger partial charge in [-0.15, -0.1) is 0 Å². The van der Waals surface area contributed by atoms with E-state index < -0.39 is 0 Å². The fourth-order valence-electron chi connectivity index (χ4n) is 2.47. The second-order valence-corrected chi connectivity index (χ2v) is 5.23. The molecule has 2 rings (SSSR count). The molecule has 1 saturated carbocycles. The summed E-state index contributed by atoms with van der Waals surface area (Å²) in [5, 5.41) is 3.32. The van der Waals surface area contributed by atoms with E-state index in [1.165, 1.54) is 12.8 Å². The number of likely N-dealkylation sites (N-methyl/N-ethyl adjacent to an activating group) is 1. The van der Waals surface area contributed by atoms with Gasteiger partial charge in [0.05, 0.1) is 6.10 Å². The highest BCUT2D eigenvalue weighted by atomic mass is 16.5. The van der Waals surface area contributed by atoms with Crippen molar-refractivity contribution in [2.45, 2.75) is 45.3 Å². The summed E-state index contributed by atoms with van der Waals surface area (Å²) in [5.41, 5.74) is 0. The number of carbonyl (C=O) groups excluding carboxylic acids is 1. The van der Waals surface area contributed by atoms with E-state index >= 15 is 0 Å². The highest BCUT2D eigenvalue weighted by molar-refractivity contribution is 5.78. The third kappa shape index (κ3) is 3.42. The normalized spacial score (nSPS) is 29.1. The lowest BCUT2D eigenvalue weighted by Crippen LogP contribution is -2.43. The summed E-state index contributed by atoms with van der Waals surface area (Å²) in [6.45, 7) is 7.25. The fraction of sp³-hybridized carbons (Fsp3) is 0.923. The van der Waals surface area contributed by atoms with Crippen LogP contribution in [0.25, 0.3) is 0 Å². The highest BCUT2D eigenvalue weighted by Gasteiger charge is 2.32. The number of nitrogens with one attached hydrogen (secondary N) is 1. The molecule has 0 aromatic carbocycles. The summed E-state index contributed by atoms with van der Waals surface area (Å²) in [6.07, 6.45) is 3.67. The van der Waals surface area contributed by atoms with E-state index in [1.807, 2.05) is 11.8 Å². The van der Waals surface area contributed by atoms with E-state index in [4.69, 9.17) is 4.74 Å². The molecule has 2 atom stereocenters. The molecule has 1 N–H and O–H groups in total. The van der Waals surface area contributed by atoms with Crippen LogP contribution in [0.2, 0.25) is 0 Å². The molecule has 1 aliphatic heterocycles. The first-order valence-electron chi connectivity index (χ1n) is 6.84. The molecule has 2 aliphatic rings. The van der Waals surface area contributed by atoms with E-state index in [1.54, 1.807) is 0 Å². The van der Waals surface area contributed by atoms with Crippen LogP contribution in [0.4, 0.5) is 0 Å². The van der Waals surface area contributed by atoms with Crippen LogP contribution in [0.15, 0.2) is 0 Å². The van der Waals surface area contributed by atoms with E-state index in [0.29, 0.717) is 12.0 Å². The number of piperidine rings is 1. The average molecular weight is 240 g/mol. The maximum atomic E-state index is 12.0. The molecule has 2 unspecified atom stereocenters. The molecule has 1 heterocycles. The quantitative estimate of drug-likeness (QED) is 0.780. The van der Waals surface area contributed by atoms with E-state index in [9.17, 15) is 4.79 Å². The van der Waals surface area contributed by atoms with Crippen molar-refractivity contribution < 1.29 is 9.53 Å². The Labute approximate surface area is 104 Å². The average Bonchev–Trinajstić information content (AvgIpc) is 3.13. The van der Waals surface area contributed by atoms with Crippen LogP contribution in [-0.2, 0) is 9.53 Å². The van der Waals surface area contributed by atoms with Crippen molar-refractivity contribution in [3.05, 3.63) is 0 Å². The van der Waals surface area contributed by atoms with Crippen molar-refractivity contribution in [2.75, 3.05) is 26.2 Å². The molecule has 17 heavy (non-hydrogen) atoms. The molecule has 1 saturated heterocycles. The molecule has 98 valence electrons. The second kappa shape index (κ2) is 5.83. The predicted octanol–water partition coefficient (Wildman–Crippen LogP) is 1.01. The van der Waals surface area contributed by atoms with Crippen molar-refractivity contribution >= 4 is 5.91 Å². The van der Waals surface area contributed by atoms with Gasteiger partial charge >= 0.3 is 0 Å². The second-order valence-electron chi connectivity index (χ2n) is 5.23. The van der Waals surface area contributed by atoms with Gasteiger partial charge in [-0.3, -0.25) is 4.79 Å². The third-order valence-electron chi connectivity index (χ3n) is 3.83. The molecule has 0 spiro atoms. The highest BCUT2D eigenvalue weighted by Crippen LogP contribution is 2.26. The third-order valence-corrected chi connectivity index (χ3v) is 3.83. The van der Waals surface area contributed by atoms with Gasteiger partial charge in [-0.2, -0.15) is 0 Å². The maximum absolute atomic E-state index is 12.0. The first kappa shape index (κ1) is 12.8. The number of carbonyl (C=O) groups is 1. The molecule has 1 amide bonds. The van der Waals surface area contributed by atoms with Gasteiger partial charge in [0.1, 0.15) is 6.61 Å². The zero-order valence-electron chi connectivity index (χ0n) is 10.9. The minimum Gasteiger partial charge on any atom is -0.367 e. The Kier molecular flexibility index (Phi) is 4.40. The van der Waals surface area contributed by atoms with Gasteiger partial charge in [0.2, 0.25) is 5.91 Å². The molecule has 0 radical (unpaired) electrons. The van der Waals surface area contributed by atoms with Crippen LogP contribution in [0.1, 0.15) is 33.1 Å². The van der Waals surface area contributed by atoms with Crippen molar-refractivity contribution in [1.29, 1.82) is 0 Å². The molecule has 2 fully saturated rings. The van der Waals surface area contributed by atoms with Gasteiger partial charge in [0.15, 0.2) is 0 Å². The van der Waals surface area contributed by atoms with Crippen molar-refractivity contribution in [1.82, 2.24) is 10.2 Å². The number of ether oxygens (including phenoxy) is 1. The lowest BCUT2D eigenvalue weighted by Gasteiger charge is -2.30. The maximum Gasteiger partial charge on any atom is 0.248 e. The van der Waals surface area contributed by atoms with Crippen LogP contribution in [-0.4, -0.2) is 49.2 Å². The standard InChI is InChI=1S/C13H24N2O2/c1-3-15(11-4-5-11)13(16)9-17-12-8-14-7-6-10(12)2/h10-12,14H,3-9H2,1-2H3. The zero-order chi connectivity index (χ0) is 12.3. The Morgan fingerprint density at radius 2 is 2.18 bits per heavy atom. The predicted molar refractivity (Wildman–Crippen MR) is 66.8 cm³/mol. The van der Waals surface area contributed by atoms with Gasteiger partial charge in [0, 0.05) is 19.1 Å². The summed E-state index contributed by atoms with van der Waals surface area (Å²) in [4.78, 5) is 13.9. The fourth-order valence-corrected chi connectivity index (χ4v) is 2.47. The molecular formula is C13H24N2O2. The Morgan fingerprint density at radius 1 is 1.41 bits per heavy atom. The largest absolute Gasteiger partial charge is 0.367 e. The van der Waals surface area contributed by atoms with Crippen molar-refractivity contribution in [3.63, 3.8) is 0 Å². The first-order valence-corrected chi connectivity index (χ1v) is 6.84. The summed E-state index contributed by atoms with van der Waals surface area (Å²) in [6, 6.07) is 0.498. The number of hydrogen-bond donors (Lipinski definition) is 1. The van der Waals surface area contributed by atoms with Crippen LogP contribution in [0, 0.1) is 5.92 Å². The minimum absolute atomic E-state index is 0.160. The van der Waals surface area contributed by atoms with Gasteiger partial charge < -0.3 is 15.0 Å². The van der Waals surface area contributed by atoms with E-state index in [-0.39, 0.29) is 18.6 Å². The van der Waals surface area contributed by atoms with Crippen LogP contribution >= 0.6 is 0 Å². The lowest BCUT2D eigenvalue weighted by atomic mass is 9.97. The van der Waals surface area contributed by atoms with Gasteiger partial charge in [-0.05, 0) is 38.6 Å². The van der Waals surface area contributed by atoms with Gasteiger partial charge in [-0.1, -0.05) is 6.92 Å².